The van der Waals surface area contributed by atoms with Gasteiger partial charge in [0.1, 0.15) is 28.8 Å². The maximum Gasteiger partial charge on any atom is 0.129 e. The maximum absolute atomic E-state index is 11.0. The van der Waals surface area contributed by atoms with Crippen molar-refractivity contribution in [3.8, 4) is 5.75 Å². The third-order valence-electron chi connectivity index (χ3n) is 8.17. The summed E-state index contributed by atoms with van der Waals surface area (Å²) in [7, 11) is 0. The Kier molecular flexibility index (Phi) is 16.5. The van der Waals surface area contributed by atoms with Gasteiger partial charge < -0.3 is 19.0 Å². The van der Waals surface area contributed by atoms with Crippen molar-refractivity contribution in [1.82, 2.24) is 0 Å². The van der Waals surface area contributed by atoms with E-state index in [0.29, 0.717) is 30.5 Å². The second-order valence-corrected chi connectivity index (χ2v) is 12.1. The molecule has 0 heterocycles. The maximum atomic E-state index is 11.0. The van der Waals surface area contributed by atoms with Crippen LogP contribution < -0.4 is 4.74 Å². The summed E-state index contributed by atoms with van der Waals surface area (Å²) >= 11 is 0. The first-order valence-corrected chi connectivity index (χ1v) is 17.1. The van der Waals surface area contributed by atoms with Crippen LogP contribution in [-0.2, 0) is 20.7 Å². The number of aryl methyl sites for hydroxylation is 1. The fraction of sp³-hybridized carbons (Fsp3) is 0.405. The fourth-order valence-electron chi connectivity index (χ4n) is 5.43. The van der Waals surface area contributed by atoms with E-state index in [9.17, 15) is 4.79 Å². The van der Waals surface area contributed by atoms with Gasteiger partial charge in [-0.3, -0.25) is 0 Å². The first-order chi connectivity index (χ1) is 22.4. The second kappa shape index (κ2) is 20.9. The Balaban J connectivity index is 1.38. The van der Waals surface area contributed by atoms with Crippen molar-refractivity contribution >= 4 is 17.1 Å². The predicted molar refractivity (Wildman–Crippen MR) is 193 cm³/mol. The molecule has 0 amide bonds. The molecule has 46 heavy (non-hydrogen) atoms. The number of carbonyl (C=O) groups excluding carboxylic acids is 1. The van der Waals surface area contributed by atoms with Crippen molar-refractivity contribution in [2.75, 3.05) is 13.2 Å². The van der Waals surface area contributed by atoms with Gasteiger partial charge in [-0.2, -0.15) is 0 Å². The predicted octanol–water partition coefficient (Wildman–Crippen LogP) is 11.5. The van der Waals surface area contributed by atoms with E-state index in [-0.39, 0.29) is 0 Å². The molecular weight excluding hydrogens is 568 g/mol. The van der Waals surface area contributed by atoms with Gasteiger partial charge in [-0.05, 0) is 130 Å². The molecule has 0 fully saturated rings. The van der Waals surface area contributed by atoms with E-state index in [1.165, 1.54) is 54.4 Å². The van der Waals surface area contributed by atoms with E-state index in [2.05, 4.69) is 69.2 Å². The lowest BCUT2D eigenvalue weighted by atomic mass is 9.96. The van der Waals surface area contributed by atoms with E-state index < -0.39 is 0 Å². The van der Waals surface area contributed by atoms with Gasteiger partial charge in [-0.15, -0.1) is 0 Å². The number of ketones is 1. The van der Waals surface area contributed by atoms with Gasteiger partial charge in [-0.1, -0.05) is 75.8 Å². The second-order valence-electron chi connectivity index (χ2n) is 12.1. The van der Waals surface area contributed by atoms with Crippen LogP contribution in [0.4, 0.5) is 0 Å². The molecule has 0 unspecified atom stereocenters. The first kappa shape index (κ1) is 36.4. The molecule has 0 aromatic heterocycles. The topological polar surface area (TPSA) is 44.8 Å². The number of rotatable bonds is 23. The molecule has 3 rings (SSSR count). The van der Waals surface area contributed by atoms with Crippen molar-refractivity contribution in [2.45, 2.75) is 97.3 Å². The van der Waals surface area contributed by atoms with Crippen molar-refractivity contribution in [1.29, 1.82) is 0 Å². The Morgan fingerprint density at radius 3 is 2.15 bits per heavy atom. The van der Waals surface area contributed by atoms with E-state index in [1.54, 1.807) is 13.0 Å². The number of unbranched alkanes of at least 4 members (excludes halogenated alkanes) is 8. The molecule has 0 atom stereocenters. The molecule has 0 aliphatic heterocycles. The first-order valence-electron chi connectivity index (χ1n) is 17.1. The van der Waals surface area contributed by atoms with Crippen LogP contribution in [0.15, 0.2) is 110 Å². The summed E-state index contributed by atoms with van der Waals surface area (Å²) in [5, 5.41) is 0. The minimum Gasteiger partial charge on any atom is -0.494 e. The molecule has 246 valence electrons. The average molecular weight is 623 g/mol. The van der Waals surface area contributed by atoms with Gasteiger partial charge in [0.05, 0.1) is 13.2 Å². The number of hydrogen-bond acceptors (Lipinski definition) is 4. The lowest BCUT2D eigenvalue weighted by Crippen LogP contribution is -1.98. The Bertz CT molecular complexity index is 1360. The van der Waals surface area contributed by atoms with Crippen molar-refractivity contribution < 1.29 is 19.0 Å². The molecule has 4 heteroatoms. The number of hydrogen-bond donors (Lipinski definition) is 0. The fourth-order valence-corrected chi connectivity index (χ4v) is 5.43. The summed E-state index contributed by atoms with van der Waals surface area (Å²) in [5.74, 6) is 3.22. The van der Waals surface area contributed by atoms with Crippen molar-refractivity contribution in [2.24, 2.45) is 0 Å². The number of carbonyl (C=O) groups is 1. The van der Waals surface area contributed by atoms with Crippen LogP contribution in [0.25, 0.3) is 11.3 Å². The highest BCUT2D eigenvalue weighted by atomic mass is 16.5. The highest BCUT2D eigenvalue weighted by Crippen LogP contribution is 2.30. The molecule has 0 bridgehead atoms. The van der Waals surface area contributed by atoms with Crippen molar-refractivity contribution in [3.63, 3.8) is 0 Å². The highest BCUT2D eigenvalue weighted by Gasteiger charge is 2.11. The standard InChI is InChI=1S/C42H54O4/c1-6-35(4)44-30-15-11-12-16-31-45-40-28-26-38(27-29-40)36(5)46-41-20-17-21-42(33(2)32-41)39-24-22-37(23-25-39)19-14-10-8-7-9-13-18-34(3)43/h6,20-29,32H,1,4-5,7-19,30-31H2,2-3H3. The van der Waals surface area contributed by atoms with Crippen LogP contribution in [-0.4, -0.2) is 19.0 Å². The van der Waals surface area contributed by atoms with Gasteiger partial charge in [0, 0.05) is 12.0 Å². The van der Waals surface area contributed by atoms with E-state index in [1.807, 2.05) is 24.3 Å². The Morgan fingerprint density at radius 1 is 0.804 bits per heavy atom. The highest BCUT2D eigenvalue weighted by molar-refractivity contribution is 5.80. The molecule has 0 saturated heterocycles. The smallest absolute Gasteiger partial charge is 0.129 e. The average Bonchev–Trinajstić information content (AvgIpc) is 3.24. The van der Waals surface area contributed by atoms with Gasteiger partial charge in [0.2, 0.25) is 0 Å². The third kappa shape index (κ3) is 13.9. The van der Waals surface area contributed by atoms with Gasteiger partial charge in [0.15, 0.2) is 0 Å². The summed E-state index contributed by atoms with van der Waals surface area (Å²) in [4.78, 5) is 11.0. The zero-order chi connectivity index (χ0) is 33.0. The number of Topliss-reactive ketones (excluding diaryl/α,β-unsaturated/α-hetero) is 1. The van der Waals surface area contributed by atoms with Gasteiger partial charge in [-0.25, -0.2) is 0 Å². The molecule has 2 aromatic carbocycles. The molecular formula is C42H54O4. The normalized spacial score (nSPS) is 12.7. The molecule has 1 aliphatic rings. The summed E-state index contributed by atoms with van der Waals surface area (Å²) in [5.41, 5.74) is 5.97. The molecule has 0 saturated carbocycles. The number of allylic oxidation sites excluding steroid dienone is 6. The third-order valence-corrected chi connectivity index (χ3v) is 8.17. The van der Waals surface area contributed by atoms with Crippen LogP contribution in [0, 0.1) is 0 Å². The zero-order valence-corrected chi connectivity index (χ0v) is 28.3. The lowest BCUT2D eigenvalue weighted by Gasteiger charge is -2.12. The van der Waals surface area contributed by atoms with Crippen LogP contribution in [0.5, 0.6) is 5.75 Å². The lowest BCUT2D eigenvalue weighted by molar-refractivity contribution is -0.117. The SMILES string of the molecule is C=CC(=C)OCCCCCCOc1ccc(C(=C)OC2=CCC=C(c3ccc(CCCCCCCCC(C)=O)cc3)C(C)=C2)cc1. The number of benzene rings is 2. The molecule has 1 aliphatic carbocycles. The monoisotopic (exact) mass is 622 g/mol. The summed E-state index contributed by atoms with van der Waals surface area (Å²) in [6.07, 6.45) is 22.1. The van der Waals surface area contributed by atoms with Gasteiger partial charge in [0.25, 0.3) is 0 Å². The number of ether oxygens (including phenoxy) is 3. The minimum absolute atomic E-state index is 0.307. The molecule has 0 N–H and O–H groups in total. The van der Waals surface area contributed by atoms with Crippen molar-refractivity contribution in [3.05, 3.63) is 126 Å². The minimum atomic E-state index is 0.307. The van der Waals surface area contributed by atoms with E-state index >= 15 is 0 Å². The van der Waals surface area contributed by atoms with Crippen LogP contribution in [0.2, 0.25) is 0 Å². The van der Waals surface area contributed by atoms with Gasteiger partial charge >= 0.3 is 0 Å². The summed E-state index contributed by atoms with van der Waals surface area (Å²) < 4.78 is 17.6. The largest absolute Gasteiger partial charge is 0.494 e. The zero-order valence-electron chi connectivity index (χ0n) is 28.3. The molecule has 0 spiro atoms. The van der Waals surface area contributed by atoms with E-state index in [0.717, 1.165) is 68.4 Å². The Morgan fingerprint density at radius 2 is 1.46 bits per heavy atom. The van der Waals surface area contributed by atoms with Crippen LogP contribution in [0.1, 0.15) is 108 Å². The quantitative estimate of drug-likeness (QED) is 0.0702. The van der Waals surface area contributed by atoms with E-state index in [4.69, 9.17) is 14.2 Å². The Labute approximate surface area is 278 Å². The summed E-state index contributed by atoms with van der Waals surface area (Å²) in [6, 6.07) is 17.0. The molecule has 4 nitrogen and oxygen atoms in total. The Hall–Kier alpha value is -4.05. The summed E-state index contributed by atoms with van der Waals surface area (Å²) in [6.45, 7) is 16.8. The molecule has 0 radical (unpaired) electrons. The molecule has 2 aromatic rings. The van der Waals surface area contributed by atoms with Crippen LogP contribution in [0.3, 0.4) is 0 Å². The van der Waals surface area contributed by atoms with Crippen LogP contribution >= 0.6 is 0 Å².